The molecular formula is C11H11N5S2. The van der Waals surface area contributed by atoms with Crippen LogP contribution in [0.4, 0.5) is 5.82 Å². The van der Waals surface area contributed by atoms with Gasteiger partial charge in [0.1, 0.15) is 22.0 Å². The predicted octanol–water partition coefficient (Wildman–Crippen LogP) is 2.77. The number of rotatable bonds is 3. The van der Waals surface area contributed by atoms with Crippen LogP contribution in [-0.2, 0) is 6.54 Å². The van der Waals surface area contributed by atoms with Crippen LogP contribution < -0.4 is 5.32 Å². The summed E-state index contributed by atoms with van der Waals surface area (Å²) in [7, 11) is 0. The summed E-state index contributed by atoms with van der Waals surface area (Å²) in [6, 6.07) is 0. The van der Waals surface area contributed by atoms with Crippen molar-refractivity contribution >= 4 is 38.9 Å². The van der Waals surface area contributed by atoms with Crippen LogP contribution in [0.5, 0.6) is 0 Å². The third-order valence-corrected chi connectivity index (χ3v) is 4.33. The highest BCUT2D eigenvalue weighted by Gasteiger charge is 2.10. The summed E-state index contributed by atoms with van der Waals surface area (Å²) in [5.41, 5.74) is 2.02. The Morgan fingerprint density at radius 1 is 1.28 bits per heavy atom. The molecule has 3 heterocycles. The zero-order valence-electron chi connectivity index (χ0n) is 9.97. The van der Waals surface area contributed by atoms with Crippen molar-refractivity contribution in [1.29, 1.82) is 0 Å². The van der Waals surface area contributed by atoms with Gasteiger partial charge in [-0.2, -0.15) is 4.37 Å². The van der Waals surface area contributed by atoms with E-state index in [9.17, 15) is 0 Å². The molecule has 0 fully saturated rings. The molecule has 0 aliphatic heterocycles. The van der Waals surface area contributed by atoms with E-state index in [0.717, 1.165) is 32.4 Å². The number of aryl methyl sites for hydroxylation is 2. The average Bonchev–Trinajstić information content (AvgIpc) is 2.94. The van der Waals surface area contributed by atoms with Gasteiger partial charge in [0.25, 0.3) is 0 Å². The maximum Gasteiger partial charge on any atom is 0.149 e. The first-order valence-corrected chi connectivity index (χ1v) is 7.11. The van der Waals surface area contributed by atoms with E-state index in [1.807, 2.05) is 19.2 Å². The number of nitrogens with zero attached hydrogens (tertiary/aromatic N) is 4. The van der Waals surface area contributed by atoms with E-state index in [0.29, 0.717) is 6.54 Å². The Kier molecular flexibility index (Phi) is 2.92. The Labute approximate surface area is 112 Å². The third-order valence-electron chi connectivity index (χ3n) is 2.52. The predicted molar refractivity (Wildman–Crippen MR) is 74.1 cm³/mol. The number of anilines is 1. The highest BCUT2D eigenvalue weighted by Crippen LogP contribution is 2.26. The lowest BCUT2D eigenvalue weighted by Gasteiger charge is -2.04. The molecule has 0 saturated heterocycles. The molecule has 0 bridgehead atoms. The first kappa shape index (κ1) is 11.5. The van der Waals surface area contributed by atoms with Gasteiger partial charge in [-0.3, -0.25) is 0 Å². The van der Waals surface area contributed by atoms with E-state index in [1.165, 1.54) is 11.5 Å². The minimum Gasteiger partial charge on any atom is -0.363 e. The Bertz CT molecular complexity index is 688. The molecule has 0 unspecified atom stereocenters. The normalized spacial score (nSPS) is 11.0. The summed E-state index contributed by atoms with van der Waals surface area (Å²) >= 11 is 3.05. The second-order valence-electron chi connectivity index (χ2n) is 3.91. The van der Waals surface area contributed by atoms with Gasteiger partial charge >= 0.3 is 0 Å². The van der Waals surface area contributed by atoms with Gasteiger partial charge in [0.05, 0.1) is 17.6 Å². The monoisotopic (exact) mass is 277 g/mol. The molecule has 1 N–H and O–H groups in total. The Morgan fingerprint density at radius 2 is 2.17 bits per heavy atom. The van der Waals surface area contributed by atoms with Gasteiger partial charge in [-0.15, -0.1) is 11.3 Å². The highest BCUT2D eigenvalue weighted by atomic mass is 32.1. The summed E-state index contributed by atoms with van der Waals surface area (Å²) < 4.78 is 4.30. The second-order valence-corrected chi connectivity index (χ2v) is 5.60. The fourth-order valence-corrected chi connectivity index (χ4v) is 3.16. The van der Waals surface area contributed by atoms with Gasteiger partial charge in [-0.05, 0) is 25.4 Å². The standard InChI is InChI=1S/C11H11N5S2/c1-6-4-17-8(15-6)3-12-10-9-7(2)16-18-11(9)14-5-13-10/h4-5H,3H2,1-2H3,(H,12,13,14). The minimum absolute atomic E-state index is 0.680. The van der Waals surface area contributed by atoms with Crippen LogP contribution >= 0.6 is 22.9 Å². The molecule has 92 valence electrons. The van der Waals surface area contributed by atoms with E-state index in [2.05, 4.69) is 24.6 Å². The van der Waals surface area contributed by atoms with Gasteiger partial charge in [0.2, 0.25) is 0 Å². The second kappa shape index (κ2) is 4.58. The zero-order valence-corrected chi connectivity index (χ0v) is 11.6. The number of hydrogen-bond acceptors (Lipinski definition) is 7. The summed E-state index contributed by atoms with van der Waals surface area (Å²) in [6.07, 6.45) is 1.56. The number of aromatic nitrogens is 4. The highest BCUT2D eigenvalue weighted by molar-refractivity contribution is 7.13. The quantitative estimate of drug-likeness (QED) is 0.797. The molecule has 0 aromatic carbocycles. The van der Waals surface area contributed by atoms with E-state index < -0.39 is 0 Å². The molecule has 0 saturated carbocycles. The number of hydrogen-bond donors (Lipinski definition) is 1. The molecule has 3 aromatic rings. The molecule has 5 nitrogen and oxygen atoms in total. The average molecular weight is 277 g/mol. The Hall–Kier alpha value is -1.60. The maximum absolute atomic E-state index is 4.42. The third kappa shape index (κ3) is 2.06. The smallest absolute Gasteiger partial charge is 0.149 e. The molecule has 0 spiro atoms. The fraction of sp³-hybridized carbons (Fsp3) is 0.273. The maximum atomic E-state index is 4.42. The SMILES string of the molecule is Cc1csc(CNc2ncnc3snc(C)c23)n1. The van der Waals surface area contributed by atoms with Gasteiger partial charge in [0.15, 0.2) is 0 Å². The number of fused-ring (bicyclic) bond motifs is 1. The summed E-state index contributed by atoms with van der Waals surface area (Å²) in [5, 5.41) is 7.42. The van der Waals surface area contributed by atoms with Crippen molar-refractivity contribution in [2.24, 2.45) is 0 Å². The van der Waals surface area contributed by atoms with Gasteiger partial charge in [0, 0.05) is 11.1 Å². The van der Waals surface area contributed by atoms with Crippen molar-refractivity contribution in [1.82, 2.24) is 19.3 Å². The molecule has 0 amide bonds. The number of thiazole rings is 1. The van der Waals surface area contributed by atoms with Crippen molar-refractivity contribution in [3.05, 3.63) is 28.1 Å². The largest absolute Gasteiger partial charge is 0.363 e. The molecule has 3 aromatic heterocycles. The topological polar surface area (TPSA) is 63.6 Å². The van der Waals surface area contributed by atoms with Crippen LogP contribution in [-0.4, -0.2) is 19.3 Å². The van der Waals surface area contributed by atoms with Crippen LogP contribution in [0.3, 0.4) is 0 Å². The fourth-order valence-electron chi connectivity index (χ4n) is 1.70. The summed E-state index contributed by atoms with van der Waals surface area (Å²) in [5.74, 6) is 0.833. The first-order valence-electron chi connectivity index (χ1n) is 5.46. The molecule has 0 atom stereocenters. The molecule has 7 heteroatoms. The molecule has 3 rings (SSSR count). The van der Waals surface area contributed by atoms with Crippen LogP contribution in [0, 0.1) is 13.8 Å². The van der Waals surface area contributed by atoms with Crippen molar-refractivity contribution in [2.45, 2.75) is 20.4 Å². The van der Waals surface area contributed by atoms with E-state index in [4.69, 9.17) is 0 Å². The molecule has 0 aliphatic rings. The van der Waals surface area contributed by atoms with Gasteiger partial charge in [-0.25, -0.2) is 15.0 Å². The van der Waals surface area contributed by atoms with Crippen molar-refractivity contribution < 1.29 is 0 Å². The van der Waals surface area contributed by atoms with Gasteiger partial charge < -0.3 is 5.32 Å². The van der Waals surface area contributed by atoms with Crippen LogP contribution in [0.15, 0.2) is 11.7 Å². The van der Waals surface area contributed by atoms with Crippen molar-refractivity contribution in [2.75, 3.05) is 5.32 Å². The lowest BCUT2D eigenvalue weighted by molar-refractivity contribution is 1.06. The van der Waals surface area contributed by atoms with Crippen LogP contribution in [0.1, 0.15) is 16.4 Å². The van der Waals surface area contributed by atoms with Crippen molar-refractivity contribution in [3.63, 3.8) is 0 Å². The summed E-state index contributed by atoms with van der Waals surface area (Å²) in [4.78, 5) is 13.8. The van der Waals surface area contributed by atoms with Crippen molar-refractivity contribution in [3.8, 4) is 0 Å². The Balaban J connectivity index is 1.88. The molecular weight excluding hydrogens is 266 g/mol. The molecule has 18 heavy (non-hydrogen) atoms. The minimum atomic E-state index is 0.680. The number of nitrogens with one attached hydrogen (secondary N) is 1. The van der Waals surface area contributed by atoms with E-state index in [1.54, 1.807) is 17.7 Å². The lowest BCUT2D eigenvalue weighted by atomic mass is 10.3. The lowest BCUT2D eigenvalue weighted by Crippen LogP contribution is -2.02. The molecule has 0 aliphatic carbocycles. The first-order chi connectivity index (χ1) is 8.74. The Morgan fingerprint density at radius 3 is 2.94 bits per heavy atom. The summed E-state index contributed by atoms with van der Waals surface area (Å²) in [6.45, 7) is 4.65. The zero-order chi connectivity index (χ0) is 12.5. The van der Waals surface area contributed by atoms with Crippen LogP contribution in [0.25, 0.3) is 10.2 Å². The van der Waals surface area contributed by atoms with E-state index in [-0.39, 0.29) is 0 Å². The molecule has 0 radical (unpaired) electrons. The van der Waals surface area contributed by atoms with Gasteiger partial charge in [-0.1, -0.05) is 0 Å². The van der Waals surface area contributed by atoms with E-state index >= 15 is 0 Å². The van der Waals surface area contributed by atoms with Crippen LogP contribution in [0.2, 0.25) is 0 Å².